The minimum Gasteiger partial charge on any atom is -0.465 e. The second-order valence-electron chi connectivity index (χ2n) is 2.32. The molecule has 10 heavy (non-hydrogen) atoms. The Hall–Kier alpha value is -1.06. The van der Waals surface area contributed by atoms with Gasteiger partial charge in [-0.1, -0.05) is 6.92 Å². The second-order valence-corrected chi connectivity index (χ2v) is 2.32. The van der Waals surface area contributed by atoms with E-state index < -0.39 is 11.6 Å². The quantitative estimate of drug-likeness (QED) is 0.572. The average Bonchev–Trinajstić information content (AvgIpc) is 1.87. The summed E-state index contributed by atoms with van der Waals surface area (Å²) in [5.74, 6) is 0. The van der Waals surface area contributed by atoms with Crippen molar-refractivity contribution in [1.29, 1.82) is 0 Å². The molecule has 0 aromatic rings. The van der Waals surface area contributed by atoms with Crippen LogP contribution in [0.25, 0.3) is 0 Å². The molecule has 4 heteroatoms. The van der Waals surface area contributed by atoms with Crippen LogP contribution in [0.2, 0.25) is 0 Å². The Morgan fingerprint density at radius 2 is 2.30 bits per heavy atom. The number of carboxylic acid groups (broad SMARTS) is 1. The van der Waals surface area contributed by atoms with E-state index in [1.165, 1.54) is 6.92 Å². The number of rotatable bonds is 3. The van der Waals surface area contributed by atoms with Gasteiger partial charge in [0, 0.05) is 0 Å². The molecule has 0 radical (unpaired) electrons. The fourth-order valence-electron chi connectivity index (χ4n) is 0.445. The zero-order chi connectivity index (χ0) is 8.20. The molecule has 1 amide bonds. The molecule has 2 N–H and O–H groups in total. The summed E-state index contributed by atoms with van der Waals surface area (Å²) in [6.07, 6.45) is -0.111. The summed E-state index contributed by atoms with van der Waals surface area (Å²) in [5, 5.41) is 10.3. The van der Waals surface area contributed by atoms with Gasteiger partial charge in [-0.05, 0) is 13.3 Å². The first kappa shape index (κ1) is 8.94. The summed E-state index contributed by atoms with van der Waals surface area (Å²) in [5.41, 5.74) is -0.925. The van der Waals surface area contributed by atoms with Gasteiger partial charge in [-0.15, -0.1) is 0 Å². The van der Waals surface area contributed by atoms with Gasteiger partial charge < -0.3 is 15.2 Å². The Morgan fingerprint density at radius 1 is 1.80 bits per heavy atom. The predicted octanol–water partition coefficient (Wildman–Crippen LogP) is 0.622. The molecule has 0 aliphatic rings. The fourth-order valence-corrected chi connectivity index (χ4v) is 0.445. The van der Waals surface area contributed by atoms with Crippen LogP contribution < -0.4 is 5.32 Å². The van der Waals surface area contributed by atoms with Crippen LogP contribution in [0.3, 0.4) is 0 Å². The van der Waals surface area contributed by atoms with Gasteiger partial charge in [0.25, 0.3) is 0 Å². The molecule has 0 rings (SSSR count). The van der Waals surface area contributed by atoms with Gasteiger partial charge in [0.05, 0.1) is 5.54 Å². The highest BCUT2D eigenvalue weighted by molar-refractivity contribution is 5.74. The van der Waals surface area contributed by atoms with E-state index >= 15 is 0 Å². The Balaban J connectivity index is 4.05. The molecule has 0 heterocycles. The van der Waals surface area contributed by atoms with Gasteiger partial charge in [0.15, 0.2) is 0 Å². The molecule has 0 fully saturated rings. The van der Waals surface area contributed by atoms with Crippen LogP contribution in [0.4, 0.5) is 4.79 Å². The molecule has 0 aliphatic heterocycles. The first-order chi connectivity index (χ1) is 4.54. The summed E-state index contributed by atoms with van der Waals surface area (Å²) in [4.78, 5) is 20.3. The van der Waals surface area contributed by atoms with Crippen LogP contribution in [-0.4, -0.2) is 23.0 Å². The van der Waals surface area contributed by atoms with Crippen LogP contribution in [0.15, 0.2) is 0 Å². The number of carbonyl (C=O) groups excluding carboxylic acids is 1. The maximum absolute atomic E-state index is 10.3. The highest BCUT2D eigenvalue weighted by Crippen LogP contribution is 2.03. The molecule has 0 spiro atoms. The van der Waals surface area contributed by atoms with E-state index in [0.29, 0.717) is 12.7 Å². The molecular weight excluding hydrogens is 134 g/mol. The number of amides is 1. The fraction of sp³-hybridized carbons (Fsp3) is 0.667. The number of carbonyl (C=O) groups is 2. The van der Waals surface area contributed by atoms with Crippen LogP contribution in [0.1, 0.15) is 20.3 Å². The third-order valence-corrected chi connectivity index (χ3v) is 1.39. The van der Waals surface area contributed by atoms with Gasteiger partial charge in [0.2, 0.25) is 0 Å². The smallest absolute Gasteiger partial charge is 0.405 e. The van der Waals surface area contributed by atoms with Crippen molar-refractivity contribution in [2.24, 2.45) is 0 Å². The monoisotopic (exact) mass is 145 g/mol. The van der Waals surface area contributed by atoms with Gasteiger partial charge in [0.1, 0.15) is 6.29 Å². The summed E-state index contributed by atoms with van der Waals surface area (Å²) in [6, 6.07) is 0. The molecule has 0 saturated heterocycles. The molecule has 0 aromatic heterocycles. The highest BCUT2D eigenvalue weighted by atomic mass is 16.4. The van der Waals surface area contributed by atoms with Gasteiger partial charge in [-0.2, -0.15) is 0 Å². The lowest BCUT2D eigenvalue weighted by Crippen LogP contribution is -2.46. The summed E-state index contributed by atoms with van der Waals surface area (Å²) < 4.78 is 0. The van der Waals surface area contributed by atoms with Gasteiger partial charge in [-0.3, -0.25) is 0 Å². The maximum Gasteiger partial charge on any atom is 0.405 e. The van der Waals surface area contributed by atoms with Crippen molar-refractivity contribution < 1.29 is 14.7 Å². The molecule has 1 unspecified atom stereocenters. The first-order valence-corrected chi connectivity index (χ1v) is 3.01. The Morgan fingerprint density at radius 3 is 2.40 bits per heavy atom. The maximum atomic E-state index is 10.3. The molecule has 58 valence electrons. The molecule has 0 aliphatic carbocycles. The van der Waals surface area contributed by atoms with Crippen LogP contribution >= 0.6 is 0 Å². The SMILES string of the molecule is CCC(C)(C=O)NC(=O)O. The summed E-state index contributed by atoms with van der Waals surface area (Å²) >= 11 is 0. The number of hydrogen-bond acceptors (Lipinski definition) is 2. The van der Waals surface area contributed by atoms with E-state index in [1.54, 1.807) is 6.92 Å². The molecule has 1 atom stereocenters. The summed E-state index contributed by atoms with van der Waals surface area (Å²) in [6.45, 7) is 3.28. The van der Waals surface area contributed by atoms with Gasteiger partial charge >= 0.3 is 6.09 Å². The Bertz CT molecular complexity index is 146. The third kappa shape index (κ3) is 2.48. The van der Waals surface area contributed by atoms with Crippen molar-refractivity contribution in [2.75, 3.05) is 0 Å². The molecule has 0 aromatic carbocycles. The normalized spacial score (nSPS) is 15.4. The van der Waals surface area contributed by atoms with E-state index in [2.05, 4.69) is 5.32 Å². The van der Waals surface area contributed by atoms with Crippen LogP contribution in [0, 0.1) is 0 Å². The average molecular weight is 145 g/mol. The van der Waals surface area contributed by atoms with Crippen molar-refractivity contribution in [1.82, 2.24) is 5.32 Å². The zero-order valence-corrected chi connectivity index (χ0v) is 6.05. The van der Waals surface area contributed by atoms with Crippen molar-refractivity contribution in [3.8, 4) is 0 Å². The van der Waals surface area contributed by atoms with E-state index in [4.69, 9.17) is 5.11 Å². The largest absolute Gasteiger partial charge is 0.465 e. The number of nitrogens with one attached hydrogen (secondary N) is 1. The Kier molecular flexibility index (Phi) is 2.86. The summed E-state index contributed by atoms with van der Waals surface area (Å²) in [7, 11) is 0. The minimum absolute atomic E-state index is 0.461. The van der Waals surface area contributed by atoms with Crippen molar-refractivity contribution in [2.45, 2.75) is 25.8 Å². The van der Waals surface area contributed by atoms with E-state index in [1.807, 2.05) is 0 Å². The minimum atomic E-state index is -1.17. The number of aldehydes is 1. The van der Waals surface area contributed by atoms with Crippen molar-refractivity contribution in [3.63, 3.8) is 0 Å². The lowest BCUT2D eigenvalue weighted by molar-refractivity contribution is -0.112. The Labute approximate surface area is 59.2 Å². The predicted molar refractivity (Wildman–Crippen MR) is 35.9 cm³/mol. The van der Waals surface area contributed by atoms with Crippen LogP contribution in [0.5, 0.6) is 0 Å². The van der Waals surface area contributed by atoms with E-state index in [0.717, 1.165) is 0 Å². The first-order valence-electron chi connectivity index (χ1n) is 3.01. The van der Waals surface area contributed by atoms with E-state index in [-0.39, 0.29) is 0 Å². The zero-order valence-electron chi connectivity index (χ0n) is 6.05. The molecule has 4 nitrogen and oxygen atoms in total. The molecular formula is C6H11NO3. The topological polar surface area (TPSA) is 66.4 Å². The lowest BCUT2D eigenvalue weighted by Gasteiger charge is -2.19. The van der Waals surface area contributed by atoms with E-state index in [9.17, 15) is 9.59 Å². The molecule has 0 saturated carbocycles. The van der Waals surface area contributed by atoms with Crippen molar-refractivity contribution >= 4 is 12.4 Å². The molecule has 0 bridgehead atoms. The van der Waals surface area contributed by atoms with Crippen molar-refractivity contribution in [3.05, 3.63) is 0 Å². The second kappa shape index (κ2) is 3.20. The third-order valence-electron chi connectivity index (χ3n) is 1.39. The van der Waals surface area contributed by atoms with Gasteiger partial charge in [-0.25, -0.2) is 4.79 Å². The number of hydrogen-bond donors (Lipinski definition) is 2. The lowest BCUT2D eigenvalue weighted by atomic mass is 10.0. The highest BCUT2D eigenvalue weighted by Gasteiger charge is 2.22. The standard InChI is InChI=1S/C6H11NO3/c1-3-6(2,4-8)7-5(9)10/h4,7H,3H2,1-2H3,(H,9,10). The van der Waals surface area contributed by atoms with Crippen LogP contribution in [-0.2, 0) is 4.79 Å².